The first-order valence-electron chi connectivity index (χ1n) is 3.58. The standard InChI is InChI=1S/C8H11NO2/c1-3-8(2)5-4-6-9(8)7(10)11/h1H,4-6H2,2H3,(H,10,11)/t8-/m1/s1. The lowest BCUT2D eigenvalue weighted by atomic mass is 10.0. The van der Waals surface area contributed by atoms with E-state index in [1.807, 2.05) is 0 Å². The first-order chi connectivity index (χ1) is 5.10. The van der Waals surface area contributed by atoms with Gasteiger partial charge in [-0.25, -0.2) is 4.79 Å². The van der Waals surface area contributed by atoms with Crippen LogP contribution in [0.15, 0.2) is 0 Å². The van der Waals surface area contributed by atoms with Gasteiger partial charge in [-0.05, 0) is 19.8 Å². The minimum Gasteiger partial charge on any atom is -0.465 e. The van der Waals surface area contributed by atoms with Gasteiger partial charge in [0.2, 0.25) is 0 Å². The first-order valence-corrected chi connectivity index (χ1v) is 3.58. The molecule has 0 aliphatic carbocycles. The van der Waals surface area contributed by atoms with E-state index in [1.165, 1.54) is 4.90 Å². The molecule has 0 radical (unpaired) electrons. The molecule has 1 aliphatic heterocycles. The van der Waals surface area contributed by atoms with E-state index in [-0.39, 0.29) is 0 Å². The molecule has 0 aromatic rings. The number of likely N-dealkylation sites (tertiary alicyclic amines) is 1. The zero-order valence-electron chi connectivity index (χ0n) is 6.50. The van der Waals surface area contributed by atoms with Gasteiger partial charge in [-0.1, -0.05) is 5.92 Å². The Hall–Kier alpha value is -1.17. The van der Waals surface area contributed by atoms with Crippen LogP contribution in [0.4, 0.5) is 4.79 Å². The van der Waals surface area contributed by atoms with Crippen molar-refractivity contribution in [2.75, 3.05) is 6.54 Å². The molecule has 1 fully saturated rings. The molecule has 0 spiro atoms. The lowest BCUT2D eigenvalue weighted by Crippen LogP contribution is -2.43. The lowest BCUT2D eigenvalue weighted by Gasteiger charge is -2.27. The summed E-state index contributed by atoms with van der Waals surface area (Å²) in [4.78, 5) is 11.9. The Morgan fingerprint density at radius 2 is 2.45 bits per heavy atom. The highest BCUT2D eigenvalue weighted by Gasteiger charge is 2.37. The molecule has 1 atom stereocenters. The van der Waals surface area contributed by atoms with Crippen molar-refractivity contribution in [1.29, 1.82) is 0 Å². The monoisotopic (exact) mass is 153 g/mol. The summed E-state index contributed by atoms with van der Waals surface area (Å²) < 4.78 is 0. The molecular weight excluding hydrogens is 142 g/mol. The topological polar surface area (TPSA) is 40.5 Å². The fourth-order valence-corrected chi connectivity index (χ4v) is 1.42. The molecule has 1 aliphatic rings. The van der Waals surface area contributed by atoms with E-state index in [0.29, 0.717) is 6.54 Å². The average Bonchev–Trinajstić information content (AvgIpc) is 2.32. The van der Waals surface area contributed by atoms with Crippen LogP contribution < -0.4 is 0 Å². The molecule has 3 nitrogen and oxygen atoms in total. The zero-order valence-corrected chi connectivity index (χ0v) is 6.50. The average molecular weight is 153 g/mol. The van der Waals surface area contributed by atoms with Gasteiger partial charge in [0, 0.05) is 6.54 Å². The van der Waals surface area contributed by atoms with Crippen molar-refractivity contribution in [2.24, 2.45) is 0 Å². The Bertz CT molecular complexity index is 219. The molecule has 60 valence electrons. The molecule has 11 heavy (non-hydrogen) atoms. The SMILES string of the molecule is C#C[C@]1(C)CCCN1C(=O)O. The van der Waals surface area contributed by atoms with E-state index in [4.69, 9.17) is 11.5 Å². The molecule has 3 heteroatoms. The Morgan fingerprint density at radius 1 is 1.82 bits per heavy atom. The molecular formula is C8H11NO2. The maximum atomic E-state index is 10.6. The Labute approximate surface area is 66.0 Å². The van der Waals surface area contributed by atoms with E-state index < -0.39 is 11.6 Å². The minimum absolute atomic E-state index is 0.564. The Balaban J connectivity index is 2.82. The number of nitrogens with zero attached hydrogens (tertiary/aromatic N) is 1. The van der Waals surface area contributed by atoms with Crippen molar-refractivity contribution in [3.63, 3.8) is 0 Å². The van der Waals surface area contributed by atoms with Crippen LogP contribution in [0.1, 0.15) is 19.8 Å². The third kappa shape index (κ3) is 1.16. The van der Waals surface area contributed by atoms with Crippen molar-refractivity contribution in [1.82, 2.24) is 4.90 Å². The van der Waals surface area contributed by atoms with E-state index >= 15 is 0 Å². The third-order valence-electron chi connectivity index (χ3n) is 2.18. The number of carbonyl (C=O) groups is 1. The minimum atomic E-state index is -0.914. The van der Waals surface area contributed by atoms with Crippen molar-refractivity contribution in [3.05, 3.63) is 0 Å². The first kappa shape index (κ1) is 7.93. The maximum Gasteiger partial charge on any atom is 0.408 e. The number of amides is 1. The van der Waals surface area contributed by atoms with Crippen molar-refractivity contribution in [2.45, 2.75) is 25.3 Å². The molecule has 0 aromatic carbocycles. The van der Waals surface area contributed by atoms with Gasteiger partial charge in [-0.2, -0.15) is 0 Å². The van der Waals surface area contributed by atoms with Crippen LogP contribution >= 0.6 is 0 Å². The quantitative estimate of drug-likeness (QED) is 0.530. The van der Waals surface area contributed by atoms with E-state index in [1.54, 1.807) is 6.92 Å². The van der Waals surface area contributed by atoms with Crippen LogP contribution in [0.3, 0.4) is 0 Å². The second-order valence-corrected chi connectivity index (χ2v) is 2.96. The van der Waals surface area contributed by atoms with Gasteiger partial charge in [0.25, 0.3) is 0 Å². The predicted molar refractivity (Wildman–Crippen MR) is 41.2 cm³/mol. The van der Waals surface area contributed by atoms with Gasteiger partial charge < -0.3 is 5.11 Å². The van der Waals surface area contributed by atoms with Gasteiger partial charge in [-0.15, -0.1) is 6.42 Å². The molecule has 0 aromatic heterocycles. The molecule has 1 N–H and O–H groups in total. The third-order valence-corrected chi connectivity index (χ3v) is 2.18. The lowest BCUT2D eigenvalue weighted by molar-refractivity contribution is 0.129. The van der Waals surface area contributed by atoms with Crippen molar-refractivity contribution < 1.29 is 9.90 Å². The number of carboxylic acid groups (broad SMARTS) is 1. The van der Waals surface area contributed by atoms with E-state index in [9.17, 15) is 4.79 Å². The van der Waals surface area contributed by atoms with Gasteiger partial charge in [0.1, 0.15) is 5.54 Å². The van der Waals surface area contributed by atoms with Gasteiger partial charge in [0.05, 0.1) is 0 Å². The highest BCUT2D eigenvalue weighted by molar-refractivity contribution is 5.67. The fourth-order valence-electron chi connectivity index (χ4n) is 1.42. The van der Waals surface area contributed by atoms with Crippen molar-refractivity contribution >= 4 is 6.09 Å². The zero-order chi connectivity index (χ0) is 8.48. The van der Waals surface area contributed by atoms with Crippen molar-refractivity contribution in [3.8, 4) is 12.3 Å². The Kier molecular flexibility index (Phi) is 1.77. The molecule has 1 heterocycles. The van der Waals surface area contributed by atoms with Gasteiger partial charge >= 0.3 is 6.09 Å². The number of hydrogen-bond donors (Lipinski definition) is 1. The van der Waals surface area contributed by atoms with Crippen LogP contribution in [0.5, 0.6) is 0 Å². The Morgan fingerprint density at radius 3 is 2.82 bits per heavy atom. The van der Waals surface area contributed by atoms with E-state index in [2.05, 4.69) is 5.92 Å². The van der Waals surface area contributed by atoms with Gasteiger partial charge in [-0.3, -0.25) is 4.90 Å². The molecule has 1 saturated heterocycles. The summed E-state index contributed by atoms with van der Waals surface area (Å²) in [6, 6.07) is 0. The van der Waals surface area contributed by atoms with Crippen LogP contribution in [0, 0.1) is 12.3 Å². The number of hydrogen-bond acceptors (Lipinski definition) is 1. The van der Waals surface area contributed by atoms with Crippen LogP contribution in [-0.4, -0.2) is 28.2 Å². The molecule has 1 rings (SSSR count). The summed E-state index contributed by atoms with van der Waals surface area (Å²) in [5, 5.41) is 8.71. The maximum absolute atomic E-state index is 10.6. The predicted octanol–water partition coefficient (Wildman–Crippen LogP) is 1.15. The molecule has 1 amide bonds. The summed E-state index contributed by atoms with van der Waals surface area (Å²) in [5.41, 5.74) is -0.564. The fraction of sp³-hybridized carbons (Fsp3) is 0.625. The van der Waals surface area contributed by atoms with Crippen LogP contribution in [0.2, 0.25) is 0 Å². The highest BCUT2D eigenvalue weighted by atomic mass is 16.4. The summed E-state index contributed by atoms with van der Waals surface area (Å²) in [6.45, 7) is 2.35. The highest BCUT2D eigenvalue weighted by Crippen LogP contribution is 2.27. The number of terminal acetylenes is 1. The summed E-state index contributed by atoms with van der Waals surface area (Å²) in [6.07, 6.45) is 5.97. The van der Waals surface area contributed by atoms with Crippen LogP contribution in [-0.2, 0) is 0 Å². The molecule has 0 unspecified atom stereocenters. The van der Waals surface area contributed by atoms with E-state index in [0.717, 1.165) is 12.8 Å². The van der Waals surface area contributed by atoms with Crippen LogP contribution in [0.25, 0.3) is 0 Å². The smallest absolute Gasteiger partial charge is 0.408 e. The summed E-state index contributed by atoms with van der Waals surface area (Å²) >= 11 is 0. The molecule has 0 bridgehead atoms. The summed E-state index contributed by atoms with van der Waals surface area (Å²) in [7, 11) is 0. The second kappa shape index (κ2) is 2.46. The normalized spacial score (nSPS) is 30.0. The second-order valence-electron chi connectivity index (χ2n) is 2.96. The number of rotatable bonds is 0. The summed E-state index contributed by atoms with van der Waals surface area (Å²) in [5.74, 6) is 2.52. The van der Waals surface area contributed by atoms with Gasteiger partial charge in [0.15, 0.2) is 0 Å². The largest absolute Gasteiger partial charge is 0.465 e. The molecule has 0 saturated carbocycles.